The van der Waals surface area contributed by atoms with Crippen molar-refractivity contribution in [1.29, 1.82) is 0 Å². The Labute approximate surface area is 173 Å². The van der Waals surface area contributed by atoms with Gasteiger partial charge in [-0.05, 0) is 51.1 Å². The Morgan fingerprint density at radius 1 is 1.21 bits per heavy atom. The monoisotopic (exact) mass is 411 g/mol. The first-order valence-electron chi connectivity index (χ1n) is 9.46. The van der Waals surface area contributed by atoms with E-state index in [1.165, 1.54) is 12.1 Å². The van der Waals surface area contributed by atoms with Gasteiger partial charge >= 0.3 is 0 Å². The van der Waals surface area contributed by atoms with E-state index in [0.29, 0.717) is 17.3 Å². The number of carbonyl (C=O) groups excluding carboxylic acids is 1. The standard InChI is InChI=1S/C22H22FN3O2S/c1-13(2)28-18-7-5-4-6-17(18)21-20-14(3)25-26(16-10-8-15(23)9-11-16)22(20)24-19(27)12-29-21/h4-11,13,21H,12H2,1-3H3,(H,24,27)/t21-/m1/s1. The highest BCUT2D eigenvalue weighted by molar-refractivity contribution is 8.00. The van der Waals surface area contributed by atoms with Crippen LogP contribution in [0.1, 0.15) is 35.9 Å². The Hall–Kier alpha value is -2.80. The van der Waals surface area contributed by atoms with Crippen molar-refractivity contribution in [1.82, 2.24) is 9.78 Å². The second kappa shape index (κ2) is 7.91. The summed E-state index contributed by atoms with van der Waals surface area (Å²) in [6.07, 6.45) is 0.0363. The maximum Gasteiger partial charge on any atom is 0.235 e. The molecule has 1 aromatic heterocycles. The molecule has 1 amide bonds. The fraction of sp³-hybridized carbons (Fsp3) is 0.273. The number of halogens is 1. The lowest BCUT2D eigenvalue weighted by molar-refractivity contribution is -0.113. The van der Waals surface area contributed by atoms with Crippen molar-refractivity contribution in [3.63, 3.8) is 0 Å². The molecule has 0 aliphatic carbocycles. The van der Waals surface area contributed by atoms with Crippen LogP contribution in [0.4, 0.5) is 10.2 Å². The zero-order valence-corrected chi connectivity index (χ0v) is 17.3. The largest absolute Gasteiger partial charge is 0.491 e. The van der Waals surface area contributed by atoms with E-state index in [1.54, 1.807) is 28.6 Å². The third-order valence-corrected chi connectivity index (χ3v) is 5.89. The highest BCUT2D eigenvalue weighted by atomic mass is 32.2. The number of carbonyl (C=O) groups is 1. The van der Waals surface area contributed by atoms with Gasteiger partial charge in [-0.3, -0.25) is 4.79 Å². The Morgan fingerprint density at radius 2 is 1.93 bits per heavy atom. The number of ether oxygens (including phenoxy) is 1. The van der Waals surface area contributed by atoms with Crippen LogP contribution < -0.4 is 10.1 Å². The van der Waals surface area contributed by atoms with Crippen LogP contribution in [0.3, 0.4) is 0 Å². The fourth-order valence-corrected chi connectivity index (χ4v) is 4.67. The van der Waals surface area contributed by atoms with Gasteiger partial charge < -0.3 is 10.1 Å². The summed E-state index contributed by atoms with van der Waals surface area (Å²) >= 11 is 1.55. The summed E-state index contributed by atoms with van der Waals surface area (Å²) in [4.78, 5) is 12.5. The molecule has 150 valence electrons. The predicted molar refractivity (Wildman–Crippen MR) is 113 cm³/mol. The molecule has 7 heteroatoms. The van der Waals surface area contributed by atoms with Crippen molar-refractivity contribution in [3.8, 4) is 11.4 Å². The molecule has 5 nitrogen and oxygen atoms in total. The molecule has 3 aromatic rings. The smallest absolute Gasteiger partial charge is 0.235 e. The number of amides is 1. The molecule has 0 saturated heterocycles. The number of thioether (sulfide) groups is 1. The van der Waals surface area contributed by atoms with Crippen molar-refractivity contribution >= 4 is 23.5 Å². The molecular formula is C22H22FN3O2S. The van der Waals surface area contributed by atoms with E-state index in [-0.39, 0.29) is 23.1 Å². The average Bonchev–Trinajstić information content (AvgIpc) is 2.89. The summed E-state index contributed by atoms with van der Waals surface area (Å²) in [6.45, 7) is 5.91. The predicted octanol–water partition coefficient (Wildman–Crippen LogP) is 4.88. The number of nitrogens with one attached hydrogen (secondary N) is 1. The van der Waals surface area contributed by atoms with E-state index in [4.69, 9.17) is 4.74 Å². The number of aryl methyl sites for hydroxylation is 1. The van der Waals surface area contributed by atoms with Gasteiger partial charge in [0, 0.05) is 11.1 Å². The second-order valence-electron chi connectivity index (χ2n) is 7.18. The number of benzene rings is 2. The summed E-state index contributed by atoms with van der Waals surface area (Å²) in [5.74, 6) is 1.32. The lowest BCUT2D eigenvalue weighted by Crippen LogP contribution is -2.15. The summed E-state index contributed by atoms with van der Waals surface area (Å²) in [7, 11) is 0. The first-order valence-corrected chi connectivity index (χ1v) is 10.5. The van der Waals surface area contributed by atoms with Gasteiger partial charge in [0.1, 0.15) is 17.4 Å². The van der Waals surface area contributed by atoms with Crippen LogP contribution in [0.5, 0.6) is 5.75 Å². The molecule has 0 saturated carbocycles. The lowest BCUT2D eigenvalue weighted by Gasteiger charge is -2.20. The maximum atomic E-state index is 13.4. The van der Waals surface area contributed by atoms with Crippen molar-refractivity contribution in [2.75, 3.05) is 11.1 Å². The number of nitrogens with zero attached hydrogens (tertiary/aromatic N) is 2. The molecule has 0 radical (unpaired) electrons. The summed E-state index contributed by atoms with van der Waals surface area (Å²) in [5, 5.41) is 7.53. The van der Waals surface area contributed by atoms with Gasteiger partial charge in [0.2, 0.25) is 5.91 Å². The Balaban J connectivity index is 1.87. The molecule has 1 atom stereocenters. The molecule has 0 spiro atoms. The molecule has 0 unspecified atom stereocenters. The number of hydrogen-bond acceptors (Lipinski definition) is 4. The molecule has 1 N–H and O–H groups in total. The Morgan fingerprint density at radius 3 is 2.66 bits per heavy atom. The third-order valence-electron chi connectivity index (χ3n) is 4.64. The van der Waals surface area contributed by atoms with E-state index in [2.05, 4.69) is 10.4 Å². The molecule has 0 bridgehead atoms. The summed E-state index contributed by atoms with van der Waals surface area (Å²) < 4.78 is 21.1. The molecule has 2 heterocycles. The first-order chi connectivity index (χ1) is 13.9. The molecule has 1 aliphatic heterocycles. The minimum absolute atomic E-state index is 0.0363. The van der Waals surface area contributed by atoms with E-state index >= 15 is 0 Å². The topological polar surface area (TPSA) is 56.2 Å². The third kappa shape index (κ3) is 3.87. The fourth-order valence-electron chi connectivity index (χ4n) is 3.46. The number of anilines is 1. The van der Waals surface area contributed by atoms with Gasteiger partial charge in [-0.25, -0.2) is 9.07 Å². The van der Waals surface area contributed by atoms with Crippen molar-refractivity contribution in [2.45, 2.75) is 32.1 Å². The SMILES string of the molecule is Cc1nn(-c2ccc(F)cc2)c2c1[C@@H](c1ccccc1OC(C)C)SCC(=O)N2. The Kier molecular flexibility index (Phi) is 5.32. The van der Waals surface area contributed by atoms with Gasteiger partial charge in [-0.2, -0.15) is 5.10 Å². The first kappa shape index (κ1) is 19.5. The molecule has 29 heavy (non-hydrogen) atoms. The molecule has 0 fully saturated rings. The van der Waals surface area contributed by atoms with Crippen molar-refractivity contribution in [3.05, 3.63) is 71.2 Å². The van der Waals surface area contributed by atoms with Crippen molar-refractivity contribution < 1.29 is 13.9 Å². The van der Waals surface area contributed by atoms with E-state index in [9.17, 15) is 9.18 Å². The van der Waals surface area contributed by atoms with Crippen LogP contribution in [-0.4, -0.2) is 27.5 Å². The number of para-hydroxylation sites is 1. The second-order valence-corrected chi connectivity index (χ2v) is 8.27. The number of aromatic nitrogens is 2. The quantitative estimate of drug-likeness (QED) is 0.665. The highest BCUT2D eigenvalue weighted by Crippen LogP contribution is 2.46. The van der Waals surface area contributed by atoms with Gasteiger partial charge in [-0.15, -0.1) is 11.8 Å². The molecule has 4 rings (SSSR count). The lowest BCUT2D eigenvalue weighted by atomic mass is 10.0. The summed E-state index contributed by atoms with van der Waals surface area (Å²) in [5.41, 5.74) is 3.44. The van der Waals surface area contributed by atoms with Gasteiger partial charge in [0.05, 0.1) is 28.5 Å². The minimum Gasteiger partial charge on any atom is -0.491 e. The van der Waals surface area contributed by atoms with Gasteiger partial charge in [0.15, 0.2) is 0 Å². The van der Waals surface area contributed by atoms with E-state index < -0.39 is 0 Å². The number of rotatable bonds is 4. The number of hydrogen-bond donors (Lipinski definition) is 1. The van der Waals surface area contributed by atoms with Crippen LogP contribution >= 0.6 is 11.8 Å². The summed E-state index contributed by atoms with van der Waals surface area (Å²) in [6, 6.07) is 14.0. The zero-order chi connectivity index (χ0) is 20.5. The van der Waals surface area contributed by atoms with Gasteiger partial charge in [0.25, 0.3) is 0 Å². The highest BCUT2D eigenvalue weighted by Gasteiger charge is 2.32. The van der Waals surface area contributed by atoms with Crippen LogP contribution in [0, 0.1) is 12.7 Å². The Bertz CT molecular complexity index is 1050. The van der Waals surface area contributed by atoms with Crippen LogP contribution in [0.2, 0.25) is 0 Å². The minimum atomic E-state index is -0.319. The van der Waals surface area contributed by atoms with Crippen molar-refractivity contribution in [2.24, 2.45) is 0 Å². The molecule has 2 aromatic carbocycles. The van der Waals surface area contributed by atoms with Crippen LogP contribution in [0.15, 0.2) is 48.5 Å². The van der Waals surface area contributed by atoms with Crippen LogP contribution in [0.25, 0.3) is 5.69 Å². The molecular weight excluding hydrogens is 389 g/mol. The zero-order valence-electron chi connectivity index (χ0n) is 16.5. The maximum absolute atomic E-state index is 13.4. The average molecular weight is 412 g/mol. The van der Waals surface area contributed by atoms with Crippen LogP contribution in [-0.2, 0) is 4.79 Å². The van der Waals surface area contributed by atoms with E-state index in [0.717, 1.165) is 22.6 Å². The molecule has 1 aliphatic rings. The normalized spacial score (nSPS) is 16.3. The van der Waals surface area contributed by atoms with E-state index in [1.807, 2.05) is 45.0 Å². The number of fused-ring (bicyclic) bond motifs is 1. The van der Waals surface area contributed by atoms with Gasteiger partial charge in [-0.1, -0.05) is 18.2 Å².